The highest BCUT2D eigenvalue weighted by Gasteiger charge is 2.26. The first kappa shape index (κ1) is 14.4. The van der Waals surface area contributed by atoms with E-state index in [1.54, 1.807) is 11.3 Å². The molecule has 0 radical (unpaired) electrons. The number of carbonyl (C=O) groups is 1. The molecule has 0 aliphatic carbocycles. The number of aromatic nitrogens is 2. The average Bonchev–Trinajstić information content (AvgIpc) is 3.17. The van der Waals surface area contributed by atoms with E-state index in [9.17, 15) is 4.79 Å². The summed E-state index contributed by atoms with van der Waals surface area (Å²) in [5.41, 5.74) is 3.61. The lowest BCUT2D eigenvalue weighted by Gasteiger charge is -2.26. The van der Waals surface area contributed by atoms with Crippen molar-refractivity contribution in [2.75, 3.05) is 26.3 Å². The van der Waals surface area contributed by atoms with Gasteiger partial charge in [0.2, 0.25) is 0 Å². The number of fused-ring (bicyclic) bond motifs is 1. The Bertz CT molecular complexity index is 844. The van der Waals surface area contributed by atoms with Gasteiger partial charge in [-0.1, -0.05) is 29.8 Å². The van der Waals surface area contributed by atoms with Crippen LogP contribution in [-0.2, 0) is 4.74 Å². The molecule has 0 spiro atoms. The van der Waals surface area contributed by atoms with Crippen LogP contribution < -0.4 is 0 Å². The number of benzene rings is 1. The molecule has 0 saturated carbocycles. The molecule has 0 N–H and O–H groups in total. The van der Waals surface area contributed by atoms with Crippen molar-refractivity contribution in [3.8, 4) is 11.3 Å². The van der Waals surface area contributed by atoms with Crippen LogP contribution in [0.4, 0.5) is 0 Å². The number of amides is 1. The van der Waals surface area contributed by atoms with Crippen LogP contribution in [0, 0.1) is 6.92 Å². The number of thiazole rings is 1. The Morgan fingerprint density at radius 2 is 1.96 bits per heavy atom. The third-order valence-corrected chi connectivity index (χ3v) is 4.84. The van der Waals surface area contributed by atoms with Gasteiger partial charge < -0.3 is 9.64 Å². The zero-order chi connectivity index (χ0) is 15.8. The highest BCUT2D eigenvalue weighted by molar-refractivity contribution is 7.15. The minimum atomic E-state index is -0.0141. The zero-order valence-electron chi connectivity index (χ0n) is 12.9. The molecule has 1 saturated heterocycles. The smallest absolute Gasteiger partial charge is 0.274 e. The molecule has 118 valence electrons. The van der Waals surface area contributed by atoms with Crippen molar-refractivity contribution in [1.82, 2.24) is 14.3 Å². The second kappa shape index (κ2) is 5.79. The number of rotatable bonds is 2. The number of carbonyl (C=O) groups excluding carboxylic acids is 1. The number of hydrogen-bond acceptors (Lipinski definition) is 4. The Morgan fingerprint density at radius 3 is 2.70 bits per heavy atom. The van der Waals surface area contributed by atoms with Crippen LogP contribution in [0.3, 0.4) is 0 Å². The minimum absolute atomic E-state index is 0.0141. The van der Waals surface area contributed by atoms with E-state index >= 15 is 0 Å². The van der Waals surface area contributed by atoms with Gasteiger partial charge in [0, 0.05) is 30.2 Å². The first-order valence-electron chi connectivity index (χ1n) is 7.63. The summed E-state index contributed by atoms with van der Waals surface area (Å²) in [6, 6.07) is 8.22. The summed E-state index contributed by atoms with van der Waals surface area (Å²) < 4.78 is 7.34. The van der Waals surface area contributed by atoms with Crippen LogP contribution in [0.25, 0.3) is 16.2 Å². The molecule has 1 aliphatic rings. The molecule has 1 amide bonds. The summed E-state index contributed by atoms with van der Waals surface area (Å²) in [7, 11) is 0. The largest absolute Gasteiger partial charge is 0.378 e. The molecule has 5 nitrogen and oxygen atoms in total. The van der Waals surface area contributed by atoms with Crippen LogP contribution in [0.1, 0.15) is 16.1 Å². The lowest BCUT2D eigenvalue weighted by Crippen LogP contribution is -2.41. The van der Waals surface area contributed by atoms with Gasteiger partial charge in [-0.2, -0.15) is 0 Å². The van der Waals surface area contributed by atoms with Gasteiger partial charge in [0.05, 0.1) is 18.9 Å². The van der Waals surface area contributed by atoms with Crippen LogP contribution in [0.15, 0.2) is 35.8 Å². The van der Waals surface area contributed by atoms with Gasteiger partial charge in [0.15, 0.2) is 10.7 Å². The van der Waals surface area contributed by atoms with Gasteiger partial charge in [0.1, 0.15) is 0 Å². The summed E-state index contributed by atoms with van der Waals surface area (Å²) in [5.74, 6) is -0.0141. The van der Waals surface area contributed by atoms with Gasteiger partial charge >= 0.3 is 0 Å². The summed E-state index contributed by atoms with van der Waals surface area (Å²) >= 11 is 1.54. The van der Waals surface area contributed by atoms with Crippen molar-refractivity contribution in [2.24, 2.45) is 0 Å². The zero-order valence-corrected chi connectivity index (χ0v) is 13.7. The van der Waals surface area contributed by atoms with Crippen molar-refractivity contribution in [2.45, 2.75) is 6.92 Å². The normalized spacial score (nSPS) is 15.3. The van der Waals surface area contributed by atoms with Crippen LogP contribution in [0.2, 0.25) is 0 Å². The molecule has 0 bridgehead atoms. The maximum Gasteiger partial charge on any atom is 0.274 e. The van der Waals surface area contributed by atoms with Gasteiger partial charge in [-0.3, -0.25) is 9.20 Å². The first-order valence-corrected chi connectivity index (χ1v) is 8.51. The van der Waals surface area contributed by atoms with Gasteiger partial charge in [0.25, 0.3) is 5.91 Å². The maximum absolute atomic E-state index is 12.9. The van der Waals surface area contributed by atoms with E-state index in [4.69, 9.17) is 4.74 Å². The van der Waals surface area contributed by atoms with E-state index in [1.165, 1.54) is 5.56 Å². The number of morpholine rings is 1. The van der Waals surface area contributed by atoms with Gasteiger partial charge in [-0.05, 0) is 6.92 Å². The highest BCUT2D eigenvalue weighted by Crippen LogP contribution is 2.28. The molecule has 6 heteroatoms. The van der Waals surface area contributed by atoms with Crippen LogP contribution in [-0.4, -0.2) is 46.5 Å². The van der Waals surface area contributed by atoms with E-state index in [0.29, 0.717) is 32.0 Å². The molecule has 3 aromatic rings. The van der Waals surface area contributed by atoms with E-state index in [2.05, 4.69) is 24.0 Å². The van der Waals surface area contributed by atoms with Crippen molar-refractivity contribution in [1.29, 1.82) is 0 Å². The number of hydrogen-bond donors (Lipinski definition) is 0. The molecule has 4 rings (SSSR count). The maximum atomic E-state index is 12.9. The monoisotopic (exact) mass is 327 g/mol. The predicted octanol–water partition coefficient (Wildman–Crippen LogP) is 2.84. The molecule has 0 unspecified atom stereocenters. The Kier molecular flexibility index (Phi) is 3.63. The number of imidazole rings is 1. The van der Waals surface area contributed by atoms with Crippen LogP contribution in [0.5, 0.6) is 0 Å². The van der Waals surface area contributed by atoms with E-state index < -0.39 is 0 Å². The topological polar surface area (TPSA) is 46.8 Å². The highest BCUT2D eigenvalue weighted by atomic mass is 32.1. The van der Waals surface area contributed by atoms with Crippen molar-refractivity contribution < 1.29 is 9.53 Å². The molecule has 1 fully saturated rings. The molecule has 1 aliphatic heterocycles. The molecular formula is C17H17N3O2S. The van der Waals surface area contributed by atoms with Crippen LogP contribution >= 0.6 is 11.3 Å². The minimum Gasteiger partial charge on any atom is -0.378 e. The number of aryl methyl sites for hydroxylation is 1. The fourth-order valence-electron chi connectivity index (χ4n) is 2.84. The second-order valence-corrected chi connectivity index (χ2v) is 6.51. The van der Waals surface area contributed by atoms with Crippen molar-refractivity contribution in [3.63, 3.8) is 0 Å². The fourth-order valence-corrected chi connectivity index (χ4v) is 3.55. The molecule has 0 atom stereocenters. The molecule has 3 heterocycles. The molecule has 1 aromatic carbocycles. The average molecular weight is 327 g/mol. The summed E-state index contributed by atoms with van der Waals surface area (Å²) in [5, 5.41) is 1.99. The molecule has 2 aromatic heterocycles. The Balaban J connectivity index is 1.82. The van der Waals surface area contributed by atoms with Gasteiger partial charge in [-0.15, -0.1) is 11.3 Å². The number of ether oxygens (including phenoxy) is 1. The quantitative estimate of drug-likeness (QED) is 0.727. The van der Waals surface area contributed by atoms with Crippen molar-refractivity contribution in [3.05, 3.63) is 47.1 Å². The molecule has 23 heavy (non-hydrogen) atoms. The Labute approximate surface area is 138 Å². The Morgan fingerprint density at radius 1 is 1.22 bits per heavy atom. The third-order valence-electron chi connectivity index (χ3n) is 4.09. The summed E-state index contributed by atoms with van der Waals surface area (Å²) in [6.07, 6.45) is 1.97. The van der Waals surface area contributed by atoms with E-state index in [-0.39, 0.29) is 5.91 Å². The first-order chi connectivity index (χ1) is 11.2. The standard InChI is InChI=1S/C17H17N3O2S/c1-12-2-4-13(5-3-12)15-14(18-17-20(15)8-11-23-17)16(21)19-6-9-22-10-7-19/h2-5,8,11H,6-7,9-10H2,1H3. The predicted molar refractivity (Wildman–Crippen MR) is 90.0 cm³/mol. The SMILES string of the molecule is Cc1ccc(-c2c(C(=O)N3CCOCC3)nc3sccn23)cc1. The van der Waals surface area contributed by atoms with Gasteiger partial charge in [-0.25, -0.2) is 4.98 Å². The Hall–Kier alpha value is -2.18. The lowest BCUT2D eigenvalue weighted by atomic mass is 10.1. The molecular weight excluding hydrogens is 310 g/mol. The van der Waals surface area contributed by atoms with E-state index in [0.717, 1.165) is 16.2 Å². The van der Waals surface area contributed by atoms with Crippen molar-refractivity contribution >= 4 is 22.2 Å². The summed E-state index contributed by atoms with van der Waals surface area (Å²) in [4.78, 5) is 20.2. The lowest BCUT2D eigenvalue weighted by molar-refractivity contribution is 0.0300. The second-order valence-electron chi connectivity index (χ2n) is 5.64. The van der Waals surface area contributed by atoms with E-state index in [1.807, 2.05) is 33.0 Å². The third kappa shape index (κ3) is 2.54. The fraction of sp³-hybridized carbons (Fsp3) is 0.294. The summed E-state index contributed by atoms with van der Waals surface area (Å²) in [6.45, 7) is 4.48. The number of nitrogens with zero attached hydrogens (tertiary/aromatic N) is 3.